The zero-order chi connectivity index (χ0) is 37.9. The van der Waals surface area contributed by atoms with Gasteiger partial charge in [0.15, 0.2) is 0 Å². The van der Waals surface area contributed by atoms with E-state index in [2.05, 4.69) is 26.6 Å². The fraction of sp³-hybridized carbons (Fsp3) is 0.450. The predicted octanol–water partition coefficient (Wildman–Crippen LogP) is 5.36. The number of rotatable bonds is 9. The third kappa shape index (κ3) is 6.56. The Morgan fingerprint density at radius 2 is 1.80 bits per heavy atom. The Hall–Kier alpha value is -5.37. The molecule has 3 aliphatic rings. The number of halogens is 1. The lowest BCUT2D eigenvalue weighted by atomic mass is 9.83. The highest BCUT2D eigenvalue weighted by Gasteiger charge is 2.36. The van der Waals surface area contributed by atoms with E-state index in [-0.39, 0.29) is 35.4 Å². The molecule has 5 heterocycles. The summed E-state index contributed by atoms with van der Waals surface area (Å²) < 4.78 is 25.3. The molecule has 0 radical (unpaired) electrons. The van der Waals surface area contributed by atoms with Crippen molar-refractivity contribution in [3.8, 4) is 5.75 Å². The molecule has 54 heavy (non-hydrogen) atoms. The first-order chi connectivity index (χ1) is 25.9. The van der Waals surface area contributed by atoms with Crippen molar-refractivity contribution in [1.29, 1.82) is 0 Å². The van der Waals surface area contributed by atoms with Gasteiger partial charge >= 0.3 is 5.69 Å². The van der Waals surface area contributed by atoms with Crippen LogP contribution in [0.2, 0.25) is 0 Å². The summed E-state index contributed by atoms with van der Waals surface area (Å²) in [6, 6.07) is 13.9. The molecule has 1 unspecified atom stereocenters. The summed E-state index contributed by atoms with van der Waals surface area (Å²) in [6.45, 7) is 5.67. The number of likely N-dealkylation sites (tertiary alicyclic amines) is 1. The number of hydrogen-bond donors (Lipinski definition) is 2. The Labute approximate surface area is 311 Å². The number of benzene rings is 2. The van der Waals surface area contributed by atoms with Gasteiger partial charge in [0, 0.05) is 56.7 Å². The number of alkyl halides is 1. The van der Waals surface area contributed by atoms with Crippen LogP contribution in [0.1, 0.15) is 92.1 Å². The number of nitrogens with zero attached hydrogens (tertiary/aromatic N) is 6. The highest BCUT2D eigenvalue weighted by Crippen LogP contribution is 2.38. The molecule has 0 bridgehead atoms. The number of carbonyl (C=O) groups is 3. The summed E-state index contributed by atoms with van der Waals surface area (Å²) in [5.41, 5.74) is 2.37. The minimum atomic E-state index is -1.67. The number of aromatic nitrogens is 5. The second kappa shape index (κ2) is 13.8. The number of ether oxygens (including phenoxy) is 1. The topological polar surface area (TPSA) is 145 Å². The quantitative estimate of drug-likeness (QED) is 0.193. The normalized spacial score (nSPS) is 21.3. The van der Waals surface area contributed by atoms with E-state index in [1.165, 1.54) is 13.8 Å². The van der Waals surface area contributed by atoms with Gasteiger partial charge in [-0.25, -0.2) is 14.2 Å². The Morgan fingerprint density at radius 1 is 1.04 bits per heavy atom. The van der Waals surface area contributed by atoms with Gasteiger partial charge in [-0.15, -0.1) is 0 Å². The van der Waals surface area contributed by atoms with E-state index in [1.807, 2.05) is 35.1 Å². The van der Waals surface area contributed by atoms with Gasteiger partial charge in [0.05, 0.1) is 41.1 Å². The molecule has 2 N–H and O–H groups in total. The van der Waals surface area contributed by atoms with E-state index in [9.17, 15) is 23.6 Å². The molecule has 8 rings (SSSR count). The molecule has 1 aliphatic carbocycles. The predicted molar refractivity (Wildman–Crippen MR) is 201 cm³/mol. The van der Waals surface area contributed by atoms with Crippen LogP contribution < -0.4 is 21.1 Å². The highest BCUT2D eigenvalue weighted by molar-refractivity contribution is 6.05. The monoisotopic (exact) mass is 736 g/mol. The number of imide groups is 1. The summed E-state index contributed by atoms with van der Waals surface area (Å²) in [4.78, 5) is 57.6. The molecule has 282 valence electrons. The smallest absolute Gasteiger partial charge is 0.329 e. The van der Waals surface area contributed by atoms with Gasteiger partial charge in [-0.05, 0) is 81.7 Å². The molecular formula is C40H45FN8O5. The van der Waals surface area contributed by atoms with E-state index in [1.54, 1.807) is 41.5 Å². The highest BCUT2D eigenvalue weighted by atomic mass is 19.1. The first-order valence-corrected chi connectivity index (χ1v) is 18.7. The molecule has 0 spiro atoms. The van der Waals surface area contributed by atoms with Crippen LogP contribution in [0.4, 0.5) is 10.1 Å². The first kappa shape index (κ1) is 35.6. The van der Waals surface area contributed by atoms with Gasteiger partial charge in [0.25, 0.3) is 5.91 Å². The molecular weight excluding hydrogens is 691 g/mol. The molecule has 14 heteroatoms. The maximum Gasteiger partial charge on any atom is 0.329 e. The largest absolute Gasteiger partial charge is 0.494 e. The zero-order valence-corrected chi connectivity index (χ0v) is 31.0. The summed E-state index contributed by atoms with van der Waals surface area (Å²) in [6.07, 6.45) is 6.77. The zero-order valence-electron chi connectivity index (χ0n) is 31.0. The molecule has 1 atom stereocenters. The van der Waals surface area contributed by atoms with Gasteiger partial charge in [-0.2, -0.15) is 5.10 Å². The van der Waals surface area contributed by atoms with Crippen LogP contribution in [-0.2, 0) is 22.3 Å². The van der Waals surface area contributed by atoms with Gasteiger partial charge in [0.1, 0.15) is 23.2 Å². The molecule has 3 aromatic heterocycles. The standard InChI is InChI=1S/C40H45FN8O5/c1-40(2,41)34-10-6-8-28(42-34)37(51)43-30-17-24-22-48(45-29(24)18-33(30)54-4)26-13-11-23(12-14-26)19-47-20-25(21-47)27-7-5-9-31-36(27)46(3)39(53)49(31)32-15-16-35(50)44-38(32)52/h5-10,17-18,22-23,25-26,32H,11-16,19-21H2,1-4H3,(H,43,51)(H,44,50,52)/t23-,26+,32?. The number of carbonyl (C=O) groups excluding carboxylic acids is 3. The van der Waals surface area contributed by atoms with Crippen LogP contribution in [0.5, 0.6) is 5.75 Å². The molecule has 2 aliphatic heterocycles. The number of aryl methyl sites for hydroxylation is 1. The van der Waals surface area contributed by atoms with Crippen molar-refractivity contribution >= 4 is 45.3 Å². The van der Waals surface area contributed by atoms with Crippen molar-refractivity contribution < 1.29 is 23.5 Å². The number of imidazole rings is 1. The van der Waals surface area contributed by atoms with Crippen LogP contribution in [-0.4, -0.2) is 73.3 Å². The maximum absolute atomic E-state index is 14.5. The lowest BCUT2D eigenvalue weighted by Gasteiger charge is -2.43. The Kier molecular flexibility index (Phi) is 9.11. The molecule has 2 saturated heterocycles. The van der Waals surface area contributed by atoms with Gasteiger partial charge in [-0.3, -0.25) is 33.5 Å². The number of amides is 3. The molecule has 3 amide bonds. The average Bonchev–Trinajstić information content (AvgIpc) is 3.66. The summed E-state index contributed by atoms with van der Waals surface area (Å²) in [5, 5.41) is 11.0. The summed E-state index contributed by atoms with van der Waals surface area (Å²) in [7, 11) is 3.31. The molecule has 3 fully saturated rings. The molecule has 5 aromatic rings. The Bertz CT molecular complexity index is 2340. The molecule has 13 nitrogen and oxygen atoms in total. The minimum Gasteiger partial charge on any atom is -0.494 e. The lowest BCUT2D eigenvalue weighted by molar-refractivity contribution is -0.135. The van der Waals surface area contributed by atoms with E-state index in [4.69, 9.17) is 9.84 Å². The lowest BCUT2D eigenvalue weighted by Crippen LogP contribution is -2.47. The second-order valence-electron chi connectivity index (χ2n) is 15.5. The number of methoxy groups -OCH3 is 1. The average molecular weight is 737 g/mol. The van der Waals surface area contributed by atoms with Crippen LogP contribution in [0.25, 0.3) is 21.9 Å². The molecule has 1 saturated carbocycles. The minimum absolute atomic E-state index is 0.118. The van der Waals surface area contributed by atoms with Crippen molar-refractivity contribution in [3.05, 3.63) is 82.2 Å². The van der Waals surface area contributed by atoms with Gasteiger partial charge < -0.3 is 15.0 Å². The van der Waals surface area contributed by atoms with Crippen LogP contribution in [0.15, 0.2) is 59.5 Å². The van der Waals surface area contributed by atoms with Crippen LogP contribution in [0, 0.1) is 5.92 Å². The van der Waals surface area contributed by atoms with Gasteiger partial charge in [-0.1, -0.05) is 18.2 Å². The number of para-hydroxylation sites is 1. The number of fused-ring (bicyclic) bond motifs is 2. The van der Waals surface area contributed by atoms with E-state index >= 15 is 0 Å². The third-order valence-electron chi connectivity index (χ3n) is 11.4. The fourth-order valence-electron chi connectivity index (χ4n) is 8.50. The van der Waals surface area contributed by atoms with Crippen molar-refractivity contribution in [2.24, 2.45) is 13.0 Å². The number of pyridine rings is 1. The number of nitrogens with one attached hydrogen (secondary N) is 2. The van der Waals surface area contributed by atoms with Crippen molar-refractivity contribution in [2.45, 2.75) is 76.0 Å². The summed E-state index contributed by atoms with van der Waals surface area (Å²) >= 11 is 0. The third-order valence-corrected chi connectivity index (χ3v) is 11.4. The van der Waals surface area contributed by atoms with Crippen LogP contribution >= 0.6 is 0 Å². The van der Waals surface area contributed by atoms with Crippen LogP contribution in [0.3, 0.4) is 0 Å². The number of piperidine rings is 1. The molecule has 2 aromatic carbocycles. The SMILES string of the molecule is COc1cc2nn([C@H]3CC[C@@H](CN4CC(c5cccc6c5n(C)c(=O)n6C5CCC(=O)NC5=O)C4)CC3)cc2cc1NC(=O)c1cccc(C(C)(C)F)n1. The van der Waals surface area contributed by atoms with E-state index in [0.717, 1.165) is 72.8 Å². The van der Waals surface area contributed by atoms with Crippen molar-refractivity contribution in [1.82, 2.24) is 34.1 Å². The number of hydrogen-bond acceptors (Lipinski definition) is 8. The number of anilines is 1. The van der Waals surface area contributed by atoms with E-state index < -0.39 is 23.5 Å². The fourth-order valence-corrected chi connectivity index (χ4v) is 8.50. The second-order valence-corrected chi connectivity index (χ2v) is 15.5. The van der Waals surface area contributed by atoms with Gasteiger partial charge in [0.2, 0.25) is 11.8 Å². The van der Waals surface area contributed by atoms with Crippen molar-refractivity contribution in [3.63, 3.8) is 0 Å². The van der Waals surface area contributed by atoms with Crippen molar-refractivity contribution in [2.75, 3.05) is 32.1 Å². The maximum atomic E-state index is 14.5. The Balaban J connectivity index is 0.888. The van der Waals surface area contributed by atoms with E-state index in [0.29, 0.717) is 29.7 Å². The first-order valence-electron chi connectivity index (χ1n) is 18.7. The summed E-state index contributed by atoms with van der Waals surface area (Å²) in [5.74, 6) is 0.173. The Morgan fingerprint density at radius 3 is 2.52 bits per heavy atom.